The van der Waals surface area contributed by atoms with Crippen LogP contribution >= 0.6 is 0 Å². The van der Waals surface area contributed by atoms with Crippen molar-refractivity contribution >= 4 is 17.3 Å². The highest BCUT2D eigenvalue weighted by Crippen LogP contribution is 2.26. The molecule has 24 heavy (non-hydrogen) atoms. The molecule has 3 rings (SSSR count). The third-order valence-corrected chi connectivity index (χ3v) is 4.55. The van der Waals surface area contributed by atoms with Crippen LogP contribution < -0.4 is 4.74 Å². The van der Waals surface area contributed by atoms with Gasteiger partial charge in [0, 0.05) is 32.6 Å². The SMILES string of the molecule is CCOc1cccn2c(C(=O)CC3CCC(=O)N(C)C3)c(C)nc12. The average molecular weight is 329 g/mol. The van der Waals surface area contributed by atoms with Gasteiger partial charge in [-0.1, -0.05) is 0 Å². The van der Waals surface area contributed by atoms with Gasteiger partial charge < -0.3 is 9.64 Å². The van der Waals surface area contributed by atoms with Gasteiger partial charge in [0.2, 0.25) is 5.91 Å². The molecule has 3 heterocycles. The van der Waals surface area contributed by atoms with Crippen molar-refractivity contribution in [1.82, 2.24) is 14.3 Å². The number of Topliss-reactive ketones (excluding diaryl/α,β-unsaturated/α-hetero) is 1. The number of fused-ring (bicyclic) bond motifs is 1. The van der Waals surface area contributed by atoms with Crippen LogP contribution in [-0.2, 0) is 4.79 Å². The Labute approximate surface area is 141 Å². The van der Waals surface area contributed by atoms with Gasteiger partial charge in [-0.2, -0.15) is 0 Å². The van der Waals surface area contributed by atoms with Crippen molar-refractivity contribution < 1.29 is 14.3 Å². The molecule has 1 amide bonds. The molecule has 0 aromatic carbocycles. The summed E-state index contributed by atoms with van der Waals surface area (Å²) in [6, 6.07) is 3.73. The van der Waals surface area contributed by atoms with Crippen molar-refractivity contribution in [3.8, 4) is 5.75 Å². The average Bonchev–Trinajstić information content (AvgIpc) is 2.88. The Balaban J connectivity index is 1.86. The predicted molar refractivity (Wildman–Crippen MR) is 90.4 cm³/mol. The highest BCUT2D eigenvalue weighted by molar-refractivity contribution is 5.97. The lowest BCUT2D eigenvalue weighted by Gasteiger charge is -2.29. The smallest absolute Gasteiger partial charge is 0.222 e. The van der Waals surface area contributed by atoms with E-state index < -0.39 is 0 Å². The summed E-state index contributed by atoms with van der Waals surface area (Å²) in [7, 11) is 1.80. The molecular weight excluding hydrogens is 306 g/mol. The maximum Gasteiger partial charge on any atom is 0.222 e. The number of nitrogens with zero attached hydrogens (tertiary/aromatic N) is 3. The van der Waals surface area contributed by atoms with E-state index in [0.29, 0.717) is 48.8 Å². The topological polar surface area (TPSA) is 63.9 Å². The summed E-state index contributed by atoms with van der Waals surface area (Å²) in [5.74, 6) is 1.12. The Hall–Kier alpha value is -2.37. The first-order valence-electron chi connectivity index (χ1n) is 8.39. The highest BCUT2D eigenvalue weighted by Gasteiger charge is 2.27. The van der Waals surface area contributed by atoms with Crippen LogP contribution in [0, 0.1) is 12.8 Å². The minimum Gasteiger partial charge on any atom is -0.490 e. The lowest BCUT2D eigenvalue weighted by atomic mass is 9.92. The van der Waals surface area contributed by atoms with E-state index in [1.165, 1.54) is 0 Å². The van der Waals surface area contributed by atoms with E-state index in [9.17, 15) is 9.59 Å². The number of carbonyl (C=O) groups excluding carboxylic acids is 2. The summed E-state index contributed by atoms with van der Waals surface area (Å²) in [5, 5.41) is 0. The van der Waals surface area contributed by atoms with Crippen LogP contribution in [-0.4, -0.2) is 46.2 Å². The number of amides is 1. The second-order valence-electron chi connectivity index (χ2n) is 6.35. The molecule has 128 valence electrons. The second-order valence-corrected chi connectivity index (χ2v) is 6.35. The molecule has 0 aliphatic carbocycles. The van der Waals surface area contributed by atoms with E-state index in [1.807, 2.05) is 36.6 Å². The number of imidazole rings is 1. The van der Waals surface area contributed by atoms with E-state index in [-0.39, 0.29) is 17.6 Å². The predicted octanol–water partition coefficient (Wildman–Crippen LogP) is 2.48. The van der Waals surface area contributed by atoms with Gasteiger partial charge in [0.1, 0.15) is 5.69 Å². The van der Waals surface area contributed by atoms with E-state index in [2.05, 4.69) is 4.98 Å². The van der Waals surface area contributed by atoms with Crippen LogP contribution in [0.5, 0.6) is 5.75 Å². The molecule has 1 unspecified atom stereocenters. The minimum atomic E-state index is 0.0707. The van der Waals surface area contributed by atoms with Gasteiger partial charge in [-0.25, -0.2) is 4.98 Å². The number of rotatable bonds is 5. The Morgan fingerprint density at radius 1 is 1.46 bits per heavy atom. The zero-order valence-electron chi connectivity index (χ0n) is 14.4. The van der Waals surface area contributed by atoms with Crippen LogP contribution in [0.1, 0.15) is 42.4 Å². The maximum absolute atomic E-state index is 12.9. The fourth-order valence-electron chi connectivity index (χ4n) is 3.38. The maximum atomic E-state index is 12.9. The molecule has 1 atom stereocenters. The molecular formula is C18H23N3O3. The van der Waals surface area contributed by atoms with E-state index in [4.69, 9.17) is 4.74 Å². The number of carbonyl (C=O) groups is 2. The van der Waals surface area contributed by atoms with Crippen LogP contribution in [0.4, 0.5) is 0 Å². The molecule has 6 heteroatoms. The number of pyridine rings is 1. The molecule has 0 saturated carbocycles. The molecule has 6 nitrogen and oxygen atoms in total. The molecule has 0 N–H and O–H groups in total. The summed E-state index contributed by atoms with van der Waals surface area (Å²) in [4.78, 5) is 30.7. The van der Waals surface area contributed by atoms with Gasteiger partial charge in [-0.05, 0) is 38.3 Å². The Morgan fingerprint density at radius 3 is 2.96 bits per heavy atom. The Morgan fingerprint density at radius 2 is 2.25 bits per heavy atom. The summed E-state index contributed by atoms with van der Waals surface area (Å²) in [5.41, 5.74) is 2.01. The normalized spacial score (nSPS) is 18.2. The number of hydrogen-bond donors (Lipinski definition) is 0. The third-order valence-electron chi connectivity index (χ3n) is 4.55. The first-order valence-corrected chi connectivity index (χ1v) is 8.39. The number of likely N-dealkylation sites (tertiary alicyclic amines) is 1. The first kappa shape index (κ1) is 16.5. The number of ketones is 1. The molecule has 1 fully saturated rings. The minimum absolute atomic E-state index is 0.0707. The standard InChI is InChI=1S/C18H23N3O3/c1-4-24-15-6-5-9-21-17(12(2)19-18(15)21)14(22)10-13-7-8-16(23)20(3)11-13/h5-6,9,13H,4,7-8,10-11H2,1-3H3. The first-order chi connectivity index (χ1) is 11.5. The lowest BCUT2D eigenvalue weighted by molar-refractivity contribution is -0.133. The molecule has 2 aromatic heterocycles. The zero-order chi connectivity index (χ0) is 17.3. The van der Waals surface area contributed by atoms with Crippen molar-refractivity contribution in [1.29, 1.82) is 0 Å². The second kappa shape index (κ2) is 6.63. The van der Waals surface area contributed by atoms with Crippen LogP contribution in [0.25, 0.3) is 5.65 Å². The van der Waals surface area contributed by atoms with Gasteiger partial charge in [-0.3, -0.25) is 14.0 Å². The Kier molecular flexibility index (Phi) is 4.55. The molecule has 0 radical (unpaired) electrons. The molecule has 0 spiro atoms. The van der Waals surface area contributed by atoms with Gasteiger partial charge in [0.15, 0.2) is 17.2 Å². The van der Waals surface area contributed by atoms with E-state index in [1.54, 1.807) is 11.9 Å². The molecule has 1 saturated heterocycles. The molecule has 2 aromatic rings. The van der Waals surface area contributed by atoms with Crippen LogP contribution in [0.2, 0.25) is 0 Å². The van der Waals surface area contributed by atoms with Crippen LogP contribution in [0.15, 0.2) is 18.3 Å². The van der Waals surface area contributed by atoms with E-state index in [0.717, 1.165) is 6.42 Å². The molecule has 0 bridgehead atoms. The highest BCUT2D eigenvalue weighted by atomic mass is 16.5. The number of piperidine rings is 1. The van der Waals surface area contributed by atoms with Gasteiger partial charge in [0.05, 0.1) is 12.3 Å². The fraction of sp³-hybridized carbons (Fsp3) is 0.500. The summed E-state index contributed by atoms with van der Waals surface area (Å²) >= 11 is 0. The molecule has 1 aliphatic heterocycles. The Bertz CT molecular complexity index is 781. The van der Waals surface area contributed by atoms with Gasteiger partial charge in [-0.15, -0.1) is 0 Å². The quantitative estimate of drug-likeness (QED) is 0.791. The van der Waals surface area contributed by atoms with Crippen molar-refractivity contribution in [3.63, 3.8) is 0 Å². The number of hydrogen-bond acceptors (Lipinski definition) is 4. The fourth-order valence-corrected chi connectivity index (χ4v) is 3.38. The monoisotopic (exact) mass is 329 g/mol. The van der Waals surface area contributed by atoms with Crippen molar-refractivity contribution in [2.45, 2.75) is 33.1 Å². The number of ether oxygens (including phenoxy) is 1. The van der Waals surface area contributed by atoms with Crippen molar-refractivity contribution in [2.24, 2.45) is 5.92 Å². The number of aryl methyl sites for hydroxylation is 1. The summed E-state index contributed by atoms with van der Waals surface area (Å²) in [6.45, 7) is 4.97. The lowest BCUT2D eigenvalue weighted by Crippen LogP contribution is -2.37. The zero-order valence-corrected chi connectivity index (χ0v) is 14.4. The van der Waals surface area contributed by atoms with Gasteiger partial charge in [0.25, 0.3) is 0 Å². The van der Waals surface area contributed by atoms with Crippen molar-refractivity contribution in [2.75, 3.05) is 20.2 Å². The largest absolute Gasteiger partial charge is 0.490 e. The third kappa shape index (κ3) is 3.00. The van der Waals surface area contributed by atoms with Gasteiger partial charge >= 0.3 is 0 Å². The van der Waals surface area contributed by atoms with Crippen molar-refractivity contribution in [3.05, 3.63) is 29.7 Å². The summed E-state index contributed by atoms with van der Waals surface area (Å²) in [6.07, 6.45) is 3.58. The van der Waals surface area contributed by atoms with E-state index >= 15 is 0 Å². The summed E-state index contributed by atoms with van der Waals surface area (Å²) < 4.78 is 7.42. The van der Waals surface area contributed by atoms with Crippen LogP contribution in [0.3, 0.4) is 0 Å². The number of aromatic nitrogens is 2. The molecule has 1 aliphatic rings.